The lowest BCUT2D eigenvalue weighted by Crippen LogP contribution is -2.50. The highest BCUT2D eigenvalue weighted by Gasteiger charge is 2.38. The molecule has 0 aliphatic carbocycles. The van der Waals surface area contributed by atoms with E-state index in [-0.39, 0.29) is 16.6 Å². The SMILES string of the molecule is CC1(C)CC(Br)C(=O)NC1=O. The number of amides is 2. The lowest BCUT2D eigenvalue weighted by atomic mass is 9.84. The lowest BCUT2D eigenvalue weighted by Gasteiger charge is -2.30. The minimum atomic E-state index is -0.428. The van der Waals surface area contributed by atoms with Crippen molar-refractivity contribution in [3.63, 3.8) is 0 Å². The second-order valence-corrected chi connectivity index (χ2v) is 4.48. The third-order valence-corrected chi connectivity index (χ3v) is 2.57. The maximum atomic E-state index is 11.1. The zero-order valence-electron chi connectivity index (χ0n) is 6.48. The van der Waals surface area contributed by atoms with Crippen LogP contribution in [0.2, 0.25) is 0 Å². The maximum absolute atomic E-state index is 11.1. The highest BCUT2D eigenvalue weighted by Crippen LogP contribution is 2.29. The predicted molar refractivity (Wildman–Crippen MR) is 44.3 cm³/mol. The summed E-state index contributed by atoms with van der Waals surface area (Å²) in [5, 5.41) is 2.29. The minimum absolute atomic E-state index is 0.182. The topological polar surface area (TPSA) is 46.2 Å². The molecular weight excluding hydrogens is 210 g/mol. The molecular formula is C7H10BrNO2. The summed E-state index contributed by atoms with van der Waals surface area (Å²) >= 11 is 3.19. The molecule has 1 atom stereocenters. The first-order chi connectivity index (χ1) is 4.93. The van der Waals surface area contributed by atoms with E-state index in [1.165, 1.54) is 0 Å². The molecule has 0 spiro atoms. The summed E-state index contributed by atoms with van der Waals surface area (Å²) in [4.78, 5) is 21.8. The first-order valence-electron chi connectivity index (χ1n) is 3.43. The summed E-state index contributed by atoms with van der Waals surface area (Å²) < 4.78 is 0. The Morgan fingerprint density at radius 2 is 2.09 bits per heavy atom. The van der Waals surface area contributed by atoms with Crippen molar-refractivity contribution >= 4 is 27.7 Å². The lowest BCUT2D eigenvalue weighted by molar-refractivity contribution is -0.139. The van der Waals surface area contributed by atoms with E-state index < -0.39 is 5.41 Å². The first kappa shape index (κ1) is 8.71. The highest BCUT2D eigenvalue weighted by atomic mass is 79.9. The van der Waals surface area contributed by atoms with Gasteiger partial charge in [0.05, 0.1) is 4.83 Å². The van der Waals surface area contributed by atoms with Crippen LogP contribution in [-0.4, -0.2) is 16.6 Å². The second kappa shape index (κ2) is 2.59. The van der Waals surface area contributed by atoms with E-state index in [0.717, 1.165) is 0 Å². The van der Waals surface area contributed by atoms with Crippen LogP contribution in [0.15, 0.2) is 0 Å². The molecule has 0 bridgehead atoms. The predicted octanol–water partition coefficient (Wildman–Crippen LogP) is 0.823. The number of hydrogen-bond acceptors (Lipinski definition) is 2. The zero-order valence-corrected chi connectivity index (χ0v) is 8.06. The van der Waals surface area contributed by atoms with Crippen molar-refractivity contribution in [1.82, 2.24) is 5.32 Å². The van der Waals surface area contributed by atoms with Gasteiger partial charge in [-0.05, 0) is 6.42 Å². The average Bonchev–Trinajstić information content (AvgIpc) is 1.83. The van der Waals surface area contributed by atoms with E-state index in [1.54, 1.807) is 0 Å². The van der Waals surface area contributed by atoms with Crippen molar-refractivity contribution < 1.29 is 9.59 Å². The van der Waals surface area contributed by atoms with Crippen LogP contribution in [0.4, 0.5) is 0 Å². The van der Waals surface area contributed by atoms with Crippen molar-refractivity contribution in [2.75, 3.05) is 0 Å². The van der Waals surface area contributed by atoms with Gasteiger partial charge in [-0.2, -0.15) is 0 Å². The Bertz CT molecular complexity index is 212. The summed E-state index contributed by atoms with van der Waals surface area (Å²) in [5.74, 6) is -0.410. The molecule has 1 aliphatic heterocycles. The van der Waals surface area contributed by atoms with E-state index in [2.05, 4.69) is 21.2 Å². The Labute approximate surface area is 73.7 Å². The molecule has 1 aliphatic rings. The molecule has 0 aromatic heterocycles. The molecule has 4 heteroatoms. The highest BCUT2D eigenvalue weighted by molar-refractivity contribution is 9.10. The molecule has 62 valence electrons. The van der Waals surface area contributed by atoms with E-state index in [1.807, 2.05) is 13.8 Å². The van der Waals surface area contributed by atoms with Gasteiger partial charge in [0.15, 0.2) is 0 Å². The van der Waals surface area contributed by atoms with Crippen LogP contribution in [0.25, 0.3) is 0 Å². The van der Waals surface area contributed by atoms with Crippen molar-refractivity contribution in [2.24, 2.45) is 5.41 Å². The molecule has 0 radical (unpaired) electrons. The van der Waals surface area contributed by atoms with Crippen LogP contribution in [-0.2, 0) is 9.59 Å². The standard InChI is InChI=1S/C7H10BrNO2/c1-7(2)3-4(8)5(10)9-6(7)11/h4H,3H2,1-2H3,(H,9,10,11). The molecule has 1 saturated heterocycles. The number of nitrogens with one attached hydrogen (secondary N) is 1. The number of rotatable bonds is 0. The Kier molecular flexibility index (Phi) is 2.05. The third-order valence-electron chi connectivity index (χ3n) is 1.83. The summed E-state index contributed by atoms with van der Waals surface area (Å²) in [5.41, 5.74) is -0.428. The van der Waals surface area contributed by atoms with Crippen LogP contribution in [0.3, 0.4) is 0 Å². The van der Waals surface area contributed by atoms with Gasteiger partial charge in [-0.3, -0.25) is 14.9 Å². The van der Waals surface area contributed by atoms with Crippen LogP contribution < -0.4 is 5.32 Å². The van der Waals surface area contributed by atoms with Crippen molar-refractivity contribution in [1.29, 1.82) is 0 Å². The second-order valence-electron chi connectivity index (χ2n) is 3.37. The van der Waals surface area contributed by atoms with Gasteiger partial charge in [0.25, 0.3) is 0 Å². The largest absolute Gasteiger partial charge is 0.295 e. The number of alkyl halides is 1. The summed E-state index contributed by atoms with van der Waals surface area (Å²) in [7, 11) is 0. The summed E-state index contributed by atoms with van der Waals surface area (Å²) in [6, 6.07) is 0. The normalized spacial score (nSPS) is 29.9. The van der Waals surface area contributed by atoms with Crippen LogP contribution >= 0.6 is 15.9 Å². The van der Waals surface area contributed by atoms with Crippen LogP contribution in [0.1, 0.15) is 20.3 Å². The quantitative estimate of drug-likeness (QED) is 0.485. The molecule has 3 nitrogen and oxygen atoms in total. The molecule has 0 aromatic carbocycles. The van der Waals surface area contributed by atoms with Gasteiger partial charge in [0.2, 0.25) is 11.8 Å². The Balaban J connectivity index is 2.79. The smallest absolute Gasteiger partial charge is 0.240 e. The van der Waals surface area contributed by atoms with Gasteiger partial charge in [0, 0.05) is 5.41 Å². The number of imide groups is 1. The van der Waals surface area contributed by atoms with Gasteiger partial charge in [-0.15, -0.1) is 0 Å². The first-order valence-corrected chi connectivity index (χ1v) is 4.34. The fraction of sp³-hybridized carbons (Fsp3) is 0.714. The molecule has 0 aromatic rings. The molecule has 1 rings (SSSR count). The molecule has 1 fully saturated rings. The van der Waals surface area contributed by atoms with Gasteiger partial charge in [-0.1, -0.05) is 29.8 Å². The van der Waals surface area contributed by atoms with Gasteiger partial charge < -0.3 is 0 Å². The number of carbonyl (C=O) groups excluding carboxylic acids is 2. The van der Waals surface area contributed by atoms with E-state index in [0.29, 0.717) is 6.42 Å². The fourth-order valence-electron chi connectivity index (χ4n) is 0.993. The van der Waals surface area contributed by atoms with Crippen LogP contribution in [0.5, 0.6) is 0 Å². The fourth-order valence-corrected chi connectivity index (χ4v) is 1.92. The van der Waals surface area contributed by atoms with Crippen molar-refractivity contribution in [2.45, 2.75) is 25.1 Å². The number of halogens is 1. The van der Waals surface area contributed by atoms with E-state index in [4.69, 9.17) is 0 Å². The van der Waals surface area contributed by atoms with Gasteiger partial charge in [0.1, 0.15) is 0 Å². The van der Waals surface area contributed by atoms with E-state index >= 15 is 0 Å². The Morgan fingerprint density at radius 1 is 1.55 bits per heavy atom. The summed E-state index contributed by atoms with van der Waals surface area (Å²) in [6.07, 6.45) is 0.567. The van der Waals surface area contributed by atoms with Crippen LogP contribution in [0, 0.1) is 5.41 Å². The Hall–Kier alpha value is -0.380. The third kappa shape index (κ3) is 1.61. The Morgan fingerprint density at radius 3 is 2.55 bits per heavy atom. The van der Waals surface area contributed by atoms with E-state index in [9.17, 15) is 9.59 Å². The molecule has 1 N–H and O–H groups in total. The molecule has 2 amide bonds. The number of carbonyl (C=O) groups is 2. The van der Waals surface area contributed by atoms with Gasteiger partial charge >= 0.3 is 0 Å². The summed E-state index contributed by atoms with van der Waals surface area (Å²) in [6.45, 7) is 3.64. The number of hydrogen-bond donors (Lipinski definition) is 1. The maximum Gasteiger partial charge on any atom is 0.240 e. The molecule has 1 unspecified atom stereocenters. The number of piperidine rings is 1. The molecule has 1 heterocycles. The average molecular weight is 220 g/mol. The minimum Gasteiger partial charge on any atom is -0.295 e. The van der Waals surface area contributed by atoms with Gasteiger partial charge in [-0.25, -0.2) is 0 Å². The monoisotopic (exact) mass is 219 g/mol. The zero-order chi connectivity index (χ0) is 8.65. The van der Waals surface area contributed by atoms with Crippen molar-refractivity contribution in [3.05, 3.63) is 0 Å². The molecule has 11 heavy (non-hydrogen) atoms. The van der Waals surface area contributed by atoms with Crippen molar-refractivity contribution in [3.8, 4) is 0 Å². The molecule has 0 saturated carbocycles.